The molecule has 1 aliphatic rings. The van der Waals surface area contributed by atoms with Gasteiger partial charge >= 0.3 is 5.97 Å². The highest BCUT2D eigenvalue weighted by atomic mass is 35.5. The molecule has 3 rings (SSSR count). The van der Waals surface area contributed by atoms with Gasteiger partial charge in [-0.2, -0.15) is 0 Å². The van der Waals surface area contributed by atoms with Crippen molar-refractivity contribution >= 4 is 27.4 Å². The number of rotatable bonds is 1. The Bertz CT molecular complexity index is 902. The molecule has 2 aromatic carbocycles. The minimum Gasteiger partial charge on any atom is -0.478 e. The molecule has 114 valence electrons. The molecule has 0 aromatic heterocycles. The highest BCUT2D eigenvalue weighted by Crippen LogP contribution is 2.41. The minimum atomic E-state index is -3.73. The van der Waals surface area contributed by atoms with Crippen LogP contribution in [0.3, 0.4) is 0 Å². The van der Waals surface area contributed by atoms with Crippen molar-refractivity contribution in [1.82, 2.24) is 0 Å². The molecular weight excluding hydrogens is 328 g/mol. The first-order chi connectivity index (χ1) is 10.3. The molecule has 1 N–H and O–H groups in total. The molecule has 0 saturated carbocycles. The summed E-state index contributed by atoms with van der Waals surface area (Å²) >= 11 is 5.91. The predicted octanol–water partition coefficient (Wildman–Crippen LogP) is 3.43. The lowest BCUT2D eigenvalue weighted by molar-refractivity contribution is 0.0697. The van der Waals surface area contributed by atoms with E-state index in [1.54, 1.807) is 12.1 Å². The van der Waals surface area contributed by atoms with Gasteiger partial charge in [-0.05, 0) is 18.6 Å². The van der Waals surface area contributed by atoms with Gasteiger partial charge in [-0.25, -0.2) is 13.2 Å². The van der Waals surface area contributed by atoms with Crippen molar-refractivity contribution in [3.8, 4) is 11.5 Å². The second-order valence-corrected chi connectivity index (χ2v) is 7.37. The molecule has 0 amide bonds. The van der Waals surface area contributed by atoms with Crippen LogP contribution in [-0.2, 0) is 15.6 Å². The number of para-hydroxylation sites is 1. The highest BCUT2D eigenvalue weighted by Gasteiger charge is 2.29. The van der Waals surface area contributed by atoms with Crippen LogP contribution in [-0.4, -0.2) is 19.5 Å². The van der Waals surface area contributed by atoms with Gasteiger partial charge in [0.25, 0.3) is 0 Å². The number of fused-ring (bicyclic) bond motifs is 2. The fourth-order valence-corrected chi connectivity index (χ4v) is 4.12. The van der Waals surface area contributed by atoms with Crippen LogP contribution in [0.1, 0.15) is 21.5 Å². The van der Waals surface area contributed by atoms with Gasteiger partial charge in [0.15, 0.2) is 9.84 Å². The van der Waals surface area contributed by atoms with E-state index in [1.807, 2.05) is 13.0 Å². The summed E-state index contributed by atoms with van der Waals surface area (Å²) in [5, 5.41) is 9.03. The standard InChI is InChI=1S/C15H11ClO5S/c1-8-3-2-4-9-7-22(19,20)13-5-10(15(17)18)11(16)6-12(13)21-14(8)9/h2-6H,7H2,1H3,(H,17,18). The fraction of sp³-hybridized carbons (Fsp3) is 0.133. The Morgan fingerprint density at radius 3 is 2.73 bits per heavy atom. The van der Waals surface area contributed by atoms with Crippen molar-refractivity contribution in [2.24, 2.45) is 0 Å². The SMILES string of the molecule is Cc1cccc2c1Oc1cc(Cl)c(C(=O)O)cc1S(=O)(=O)C2. The first-order valence-electron chi connectivity index (χ1n) is 6.35. The topological polar surface area (TPSA) is 80.7 Å². The number of sulfone groups is 1. The zero-order valence-corrected chi connectivity index (χ0v) is 13.0. The Balaban J connectivity index is 2.31. The molecule has 0 aliphatic carbocycles. The molecular formula is C15H11ClO5S. The predicted molar refractivity (Wildman–Crippen MR) is 80.6 cm³/mol. The van der Waals surface area contributed by atoms with Gasteiger partial charge in [0.1, 0.15) is 16.4 Å². The van der Waals surface area contributed by atoms with Crippen molar-refractivity contribution < 1.29 is 23.1 Å². The van der Waals surface area contributed by atoms with Crippen LogP contribution in [0.15, 0.2) is 35.2 Å². The lowest BCUT2D eigenvalue weighted by Gasteiger charge is -2.11. The van der Waals surface area contributed by atoms with Gasteiger partial charge in [-0.3, -0.25) is 0 Å². The average Bonchev–Trinajstić information content (AvgIpc) is 2.52. The highest BCUT2D eigenvalue weighted by molar-refractivity contribution is 7.90. The van der Waals surface area contributed by atoms with E-state index >= 15 is 0 Å². The number of hydrogen-bond donors (Lipinski definition) is 1. The second kappa shape index (κ2) is 5.00. The van der Waals surface area contributed by atoms with E-state index in [-0.39, 0.29) is 27.0 Å². The lowest BCUT2D eigenvalue weighted by Crippen LogP contribution is -2.06. The van der Waals surface area contributed by atoms with Crippen LogP contribution < -0.4 is 4.74 Å². The van der Waals surface area contributed by atoms with Crippen LogP contribution in [0, 0.1) is 6.92 Å². The molecule has 0 saturated heterocycles. The summed E-state index contributed by atoms with van der Waals surface area (Å²) in [7, 11) is -3.73. The monoisotopic (exact) mass is 338 g/mol. The molecule has 0 unspecified atom stereocenters. The van der Waals surface area contributed by atoms with Crippen LogP contribution in [0.5, 0.6) is 11.5 Å². The summed E-state index contributed by atoms with van der Waals surface area (Å²) in [5.74, 6) is -1.04. The maximum Gasteiger partial charge on any atom is 0.337 e. The van der Waals surface area contributed by atoms with E-state index in [0.717, 1.165) is 11.6 Å². The number of halogens is 1. The third kappa shape index (κ3) is 2.34. The summed E-state index contributed by atoms with van der Waals surface area (Å²) in [4.78, 5) is 11.0. The van der Waals surface area contributed by atoms with E-state index in [9.17, 15) is 13.2 Å². The van der Waals surface area contributed by atoms with Gasteiger partial charge in [0, 0.05) is 11.6 Å². The van der Waals surface area contributed by atoms with E-state index < -0.39 is 15.8 Å². The fourth-order valence-electron chi connectivity index (χ4n) is 2.39. The molecule has 1 aliphatic heterocycles. The first-order valence-corrected chi connectivity index (χ1v) is 8.38. The molecule has 0 bridgehead atoms. The van der Waals surface area contributed by atoms with Gasteiger partial charge in [0.05, 0.1) is 16.3 Å². The number of carboxylic acids is 1. The van der Waals surface area contributed by atoms with Crippen LogP contribution in [0.2, 0.25) is 5.02 Å². The number of benzene rings is 2. The largest absolute Gasteiger partial charge is 0.478 e. The zero-order chi connectivity index (χ0) is 16.1. The smallest absolute Gasteiger partial charge is 0.337 e. The van der Waals surface area contributed by atoms with E-state index in [4.69, 9.17) is 21.4 Å². The van der Waals surface area contributed by atoms with Gasteiger partial charge < -0.3 is 9.84 Å². The summed E-state index contributed by atoms with van der Waals surface area (Å²) < 4.78 is 30.8. The maximum atomic E-state index is 12.5. The Kier molecular flexibility index (Phi) is 3.38. The quantitative estimate of drug-likeness (QED) is 0.861. The minimum absolute atomic E-state index is 0.0445. The molecule has 5 nitrogen and oxygen atoms in total. The van der Waals surface area contributed by atoms with Crippen molar-refractivity contribution in [3.05, 3.63) is 52.0 Å². The van der Waals surface area contributed by atoms with Crippen LogP contribution >= 0.6 is 11.6 Å². The summed E-state index contributed by atoms with van der Waals surface area (Å²) in [6, 6.07) is 7.52. The average molecular weight is 339 g/mol. The van der Waals surface area contributed by atoms with Gasteiger partial charge in [0.2, 0.25) is 0 Å². The molecule has 0 radical (unpaired) electrons. The second-order valence-electron chi connectivity index (χ2n) is 5.01. The molecule has 1 heterocycles. The molecule has 22 heavy (non-hydrogen) atoms. The molecule has 7 heteroatoms. The molecule has 2 aromatic rings. The Morgan fingerprint density at radius 1 is 1.32 bits per heavy atom. The number of carboxylic acid groups (broad SMARTS) is 1. The van der Waals surface area contributed by atoms with E-state index in [1.165, 1.54) is 6.07 Å². The first kappa shape index (κ1) is 14.9. The third-order valence-electron chi connectivity index (χ3n) is 3.45. The lowest BCUT2D eigenvalue weighted by atomic mass is 10.1. The molecule has 0 spiro atoms. The summed E-state index contributed by atoms with van der Waals surface area (Å²) in [5.41, 5.74) is 1.05. The number of aromatic carboxylic acids is 1. The number of carbonyl (C=O) groups is 1. The van der Waals surface area contributed by atoms with Crippen molar-refractivity contribution in [2.75, 3.05) is 0 Å². The molecule has 0 atom stereocenters. The van der Waals surface area contributed by atoms with Crippen LogP contribution in [0.25, 0.3) is 0 Å². The Morgan fingerprint density at radius 2 is 2.05 bits per heavy atom. The summed E-state index contributed by atoms with van der Waals surface area (Å²) in [6.45, 7) is 1.81. The van der Waals surface area contributed by atoms with E-state index in [2.05, 4.69) is 0 Å². The van der Waals surface area contributed by atoms with Crippen molar-refractivity contribution in [3.63, 3.8) is 0 Å². The van der Waals surface area contributed by atoms with Crippen LogP contribution in [0.4, 0.5) is 0 Å². The molecule has 0 fully saturated rings. The zero-order valence-electron chi connectivity index (χ0n) is 11.5. The van der Waals surface area contributed by atoms with Crippen molar-refractivity contribution in [2.45, 2.75) is 17.6 Å². The Labute approximate surface area is 132 Å². The van der Waals surface area contributed by atoms with Gasteiger partial charge in [-0.1, -0.05) is 29.8 Å². The number of aryl methyl sites for hydroxylation is 1. The van der Waals surface area contributed by atoms with E-state index in [0.29, 0.717) is 11.3 Å². The summed E-state index contributed by atoms with van der Waals surface area (Å²) in [6.07, 6.45) is 0. The Hall–Kier alpha value is -2.05. The third-order valence-corrected chi connectivity index (χ3v) is 5.44. The number of hydrogen-bond acceptors (Lipinski definition) is 4. The van der Waals surface area contributed by atoms with Gasteiger partial charge in [-0.15, -0.1) is 0 Å². The maximum absolute atomic E-state index is 12.5. The normalized spacial score (nSPS) is 15.2. The number of ether oxygens (including phenoxy) is 1. The van der Waals surface area contributed by atoms with Crippen molar-refractivity contribution in [1.29, 1.82) is 0 Å².